The van der Waals surface area contributed by atoms with Crippen molar-refractivity contribution in [2.45, 2.75) is 13.8 Å². The quantitative estimate of drug-likeness (QED) is 0.472. The van der Waals surface area contributed by atoms with Gasteiger partial charge >= 0.3 is 0 Å². The lowest BCUT2D eigenvalue weighted by Crippen LogP contribution is -2.31. The van der Waals surface area contributed by atoms with Crippen molar-refractivity contribution in [2.75, 3.05) is 6.61 Å². The molecule has 0 atom stereocenters. The molecule has 0 unspecified atom stereocenters. The third kappa shape index (κ3) is 4.97. The summed E-state index contributed by atoms with van der Waals surface area (Å²) >= 11 is 5.92. The zero-order valence-corrected chi connectivity index (χ0v) is 17.6. The largest absolute Gasteiger partial charge is 0.494 e. The number of halogens is 1. The number of hydrogen-bond acceptors (Lipinski definition) is 6. The lowest BCUT2D eigenvalue weighted by atomic mass is 10.1. The molecule has 0 fully saturated rings. The van der Waals surface area contributed by atoms with Gasteiger partial charge in [0.05, 0.1) is 18.5 Å². The molecular weight excluding hydrogens is 418 g/mol. The minimum atomic E-state index is -0.660. The Bertz CT molecular complexity index is 1240. The number of hydrazone groups is 1. The van der Waals surface area contributed by atoms with Crippen LogP contribution < -0.4 is 15.7 Å². The van der Waals surface area contributed by atoms with E-state index in [1.54, 1.807) is 48.5 Å². The first-order valence-electron chi connectivity index (χ1n) is 9.30. The SMILES string of the molecule is CCOc1ccc(-n2nc(C(=O)N/N=C/c3cccc(Cl)c3)c(C)c(C#N)c2=O)cc1. The Balaban J connectivity index is 1.94. The summed E-state index contributed by atoms with van der Waals surface area (Å²) in [5.41, 5.74) is 2.73. The molecule has 8 nitrogen and oxygen atoms in total. The Morgan fingerprint density at radius 2 is 2.06 bits per heavy atom. The fraction of sp³-hybridized carbons (Fsp3) is 0.136. The van der Waals surface area contributed by atoms with Crippen molar-refractivity contribution >= 4 is 23.7 Å². The summed E-state index contributed by atoms with van der Waals surface area (Å²) in [4.78, 5) is 25.4. The van der Waals surface area contributed by atoms with Crippen LogP contribution in [0.1, 0.15) is 34.1 Å². The molecule has 9 heteroatoms. The fourth-order valence-corrected chi connectivity index (χ4v) is 2.98. The number of nitrogens with zero attached hydrogens (tertiary/aromatic N) is 4. The average molecular weight is 436 g/mol. The van der Waals surface area contributed by atoms with Gasteiger partial charge in [-0.05, 0) is 55.8 Å². The molecule has 2 aromatic carbocycles. The number of hydrogen-bond donors (Lipinski definition) is 1. The predicted molar refractivity (Wildman–Crippen MR) is 117 cm³/mol. The van der Waals surface area contributed by atoms with Crippen LogP contribution in [0.2, 0.25) is 5.02 Å². The summed E-state index contributed by atoms with van der Waals surface area (Å²) in [6, 6.07) is 15.4. The van der Waals surface area contributed by atoms with Crippen LogP contribution >= 0.6 is 11.6 Å². The number of amides is 1. The molecule has 0 aliphatic rings. The molecule has 3 rings (SSSR count). The third-order valence-corrected chi connectivity index (χ3v) is 4.52. The maximum atomic E-state index is 12.7. The molecule has 1 amide bonds. The van der Waals surface area contributed by atoms with Gasteiger partial charge in [-0.3, -0.25) is 9.59 Å². The van der Waals surface area contributed by atoms with Gasteiger partial charge in [-0.15, -0.1) is 0 Å². The Morgan fingerprint density at radius 1 is 1.32 bits per heavy atom. The topological polar surface area (TPSA) is 109 Å². The maximum absolute atomic E-state index is 12.7. The Morgan fingerprint density at radius 3 is 2.71 bits per heavy atom. The van der Waals surface area contributed by atoms with Crippen molar-refractivity contribution in [3.63, 3.8) is 0 Å². The van der Waals surface area contributed by atoms with Gasteiger partial charge in [0.1, 0.15) is 17.4 Å². The smallest absolute Gasteiger partial charge is 0.292 e. The molecule has 3 aromatic rings. The first-order chi connectivity index (χ1) is 14.9. The van der Waals surface area contributed by atoms with Crippen LogP contribution in [-0.4, -0.2) is 28.5 Å². The van der Waals surface area contributed by atoms with Crippen LogP contribution in [0.15, 0.2) is 58.4 Å². The zero-order valence-electron chi connectivity index (χ0n) is 16.8. The molecule has 1 N–H and O–H groups in total. The molecule has 156 valence electrons. The van der Waals surface area contributed by atoms with Crippen LogP contribution in [0, 0.1) is 18.3 Å². The molecule has 31 heavy (non-hydrogen) atoms. The fourth-order valence-electron chi connectivity index (χ4n) is 2.78. The Labute approximate surface area is 183 Å². The summed E-state index contributed by atoms with van der Waals surface area (Å²) in [7, 11) is 0. The van der Waals surface area contributed by atoms with Crippen molar-refractivity contribution < 1.29 is 9.53 Å². The number of nitriles is 1. The average Bonchev–Trinajstić information content (AvgIpc) is 2.75. The number of benzene rings is 2. The summed E-state index contributed by atoms with van der Waals surface area (Å²) in [6.45, 7) is 3.85. The molecule has 0 bridgehead atoms. The number of ether oxygens (including phenoxy) is 1. The monoisotopic (exact) mass is 435 g/mol. The van der Waals surface area contributed by atoms with E-state index in [1.165, 1.54) is 13.1 Å². The number of carbonyl (C=O) groups is 1. The second-order valence-corrected chi connectivity index (χ2v) is 6.79. The summed E-state index contributed by atoms with van der Waals surface area (Å²) in [5, 5.41) is 18.1. The summed E-state index contributed by atoms with van der Waals surface area (Å²) in [6.07, 6.45) is 1.42. The lowest BCUT2D eigenvalue weighted by Gasteiger charge is -2.11. The molecule has 1 aromatic heterocycles. The molecule has 0 aliphatic carbocycles. The van der Waals surface area contributed by atoms with E-state index >= 15 is 0 Å². The number of rotatable bonds is 6. The molecule has 0 spiro atoms. The van der Waals surface area contributed by atoms with E-state index in [0.717, 1.165) is 4.68 Å². The Hall–Kier alpha value is -3.96. The van der Waals surface area contributed by atoms with E-state index in [4.69, 9.17) is 16.3 Å². The molecule has 0 aliphatic heterocycles. The van der Waals surface area contributed by atoms with Crippen molar-refractivity contribution in [2.24, 2.45) is 5.10 Å². The van der Waals surface area contributed by atoms with Crippen LogP contribution in [0.4, 0.5) is 0 Å². The van der Waals surface area contributed by atoms with Crippen LogP contribution in [0.5, 0.6) is 5.75 Å². The van der Waals surface area contributed by atoms with Crippen LogP contribution in [0.25, 0.3) is 5.69 Å². The molecule has 1 heterocycles. The van der Waals surface area contributed by atoms with Crippen LogP contribution in [0.3, 0.4) is 0 Å². The van der Waals surface area contributed by atoms with E-state index in [2.05, 4.69) is 15.6 Å². The van der Waals surface area contributed by atoms with Crippen LogP contribution in [-0.2, 0) is 0 Å². The molecule has 0 radical (unpaired) electrons. The molecular formula is C22H18ClN5O3. The summed E-state index contributed by atoms with van der Waals surface area (Å²) < 4.78 is 6.40. The van der Waals surface area contributed by atoms with Crippen molar-refractivity contribution in [3.05, 3.63) is 86.3 Å². The van der Waals surface area contributed by atoms with E-state index in [1.807, 2.05) is 13.0 Å². The first kappa shape index (κ1) is 21.7. The second kappa shape index (κ2) is 9.69. The molecule has 0 saturated carbocycles. The van der Waals surface area contributed by atoms with Crippen molar-refractivity contribution in [1.82, 2.24) is 15.2 Å². The van der Waals surface area contributed by atoms with Gasteiger partial charge in [-0.1, -0.05) is 23.7 Å². The van der Waals surface area contributed by atoms with E-state index in [9.17, 15) is 14.9 Å². The lowest BCUT2D eigenvalue weighted by molar-refractivity contribution is 0.0947. The normalized spacial score (nSPS) is 10.6. The predicted octanol–water partition coefficient (Wildman–Crippen LogP) is 3.23. The molecule has 0 saturated heterocycles. The third-order valence-electron chi connectivity index (χ3n) is 4.28. The van der Waals surface area contributed by atoms with Gasteiger partial charge in [0.15, 0.2) is 5.69 Å². The highest BCUT2D eigenvalue weighted by Crippen LogP contribution is 2.15. The van der Waals surface area contributed by atoms with Gasteiger partial charge < -0.3 is 4.74 Å². The number of carbonyl (C=O) groups excluding carboxylic acids is 1. The zero-order chi connectivity index (χ0) is 22.4. The minimum absolute atomic E-state index is 0.0896. The highest BCUT2D eigenvalue weighted by molar-refractivity contribution is 6.30. The summed E-state index contributed by atoms with van der Waals surface area (Å²) in [5.74, 6) is -0.0350. The maximum Gasteiger partial charge on any atom is 0.292 e. The standard InChI is InChI=1S/C22H18ClN5O3/c1-3-31-18-9-7-17(8-10-18)28-22(30)19(12-24)14(2)20(27-28)21(29)26-25-13-15-5-4-6-16(23)11-15/h4-11,13H,3H2,1-2H3,(H,26,29)/b25-13+. The highest BCUT2D eigenvalue weighted by atomic mass is 35.5. The van der Waals surface area contributed by atoms with Gasteiger partial charge in [0.2, 0.25) is 0 Å². The van der Waals surface area contributed by atoms with Gasteiger partial charge in [-0.2, -0.15) is 20.1 Å². The van der Waals surface area contributed by atoms with Crippen molar-refractivity contribution in [1.29, 1.82) is 5.26 Å². The van der Waals surface area contributed by atoms with E-state index < -0.39 is 11.5 Å². The van der Waals surface area contributed by atoms with E-state index in [-0.39, 0.29) is 16.8 Å². The Kier molecular flexibility index (Phi) is 6.80. The number of aromatic nitrogens is 2. The van der Waals surface area contributed by atoms with Crippen molar-refractivity contribution in [3.8, 4) is 17.5 Å². The first-order valence-corrected chi connectivity index (χ1v) is 9.68. The van der Waals surface area contributed by atoms with E-state index in [0.29, 0.717) is 28.6 Å². The second-order valence-electron chi connectivity index (χ2n) is 6.36. The highest BCUT2D eigenvalue weighted by Gasteiger charge is 2.20. The van der Waals surface area contributed by atoms with Gasteiger partial charge in [0.25, 0.3) is 11.5 Å². The van der Waals surface area contributed by atoms with Gasteiger partial charge in [0, 0.05) is 10.6 Å². The minimum Gasteiger partial charge on any atom is -0.494 e. The number of nitrogens with one attached hydrogen (secondary N) is 1. The van der Waals surface area contributed by atoms with Gasteiger partial charge in [-0.25, -0.2) is 5.43 Å².